The molecule has 0 saturated carbocycles. The third kappa shape index (κ3) is 10.6. The molecule has 0 unspecified atom stereocenters. The number of cyclic esters (lactones) is 2. The number of rotatable bonds is 14. The summed E-state index contributed by atoms with van der Waals surface area (Å²) in [5.41, 5.74) is 3.06. The molecule has 0 aliphatic carbocycles. The van der Waals surface area contributed by atoms with Gasteiger partial charge in [0.25, 0.3) is 0 Å². The van der Waals surface area contributed by atoms with Crippen LogP contribution < -0.4 is 0 Å². The van der Waals surface area contributed by atoms with E-state index in [0.29, 0.717) is 12.3 Å². The summed E-state index contributed by atoms with van der Waals surface area (Å²) in [7, 11) is 0. The Morgan fingerprint density at radius 3 is 2.49 bits per heavy atom. The van der Waals surface area contributed by atoms with Crippen LogP contribution in [0.3, 0.4) is 0 Å². The van der Waals surface area contributed by atoms with Crippen molar-refractivity contribution in [2.24, 2.45) is 29.6 Å². The standard InChI is InChI=1S/C33H46O6/c1-8-27(13-14-29-23(4)12-15-30(34)39-29)17-22(3)11-9-10-21(2)16-24(5)32(36)26(7)33(37)25(6)18-28-19-31(35)38-20-28/h9-10,12-17,19,22-26,29,33,37H,8,11,18,20H2,1-7H3/b10-9+,14-13+,21-16+,27-17-/t22-,23+,24-,25-,26+,29+,33-/m1/s1. The normalized spacial score (nSPS) is 24.4. The van der Waals surface area contributed by atoms with Crippen LogP contribution >= 0.6 is 0 Å². The van der Waals surface area contributed by atoms with Crippen molar-refractivity contribution in [3.8, 4) is 0 Å². The van der Waals surface area contributed by atoms with Gasteiger partial charge in [0.15, 0.2) is 0 Å². The zero-order valence-electron chi connectivity index (χ0n) is 24.6. The fourth-order valence-electron chi connectivity index (χ4n) is 4.92. The first-order valence-electron chi connectivity index (χ1n) is 14.1. The van der Waals surface area contributed by atoms with Crippen molar-refractivity contribution in [3.63, 3.8) is 0 Å². The van der Waals surface area contributed by atoms with Gasteiger partial charge in [-0.25, -0.2) is 9.59 Å². The van der Waals surface area contributed by atoms with Crippen LogP contribution in [0.25, 0.3) is 0 Å². The highest BCUT2D eigenvalue weighted by atomic mass is 16.5. The van der Waals surface area contributed by atoms with Gasteiger partial charge in [-0.1, -0.05) is 89.1 Å². The van der Waals surface area contributed by atoms with Crippen molar-refractivity contribution in [1.82, 2.24) is 0 Å². The number of hydrogen-bond acceptors (Lipinski definition) is 6. The number of esters is 2. The molecule has 0 amide bonds. The monoisotopic (exact) mass is 538 g/mol. The molecule has 1 N–H and O–H groups in total. The van der Waals surface area contributed by atoms with E-state index in [1.807, 2.05) is 52.0 Å². The van der Waals surface area contributed by atoms with E-state index in [-0.39, 0.29) is 48.2 Å². The van der Waals surface area contributed by atoms with Gasteiger partial charge in [0.2, 0.25) is 0 Å². The molecule has 0 saturated heterocycles. The van der Waals surface area contributed by atoms with Gasteiger partial charge in [0, 0.05) is 29.9 Å². The third-order valence-corrected chi connectivity index (χ3v) is 7.41. The SMILES string of the molecule is CCC(=C/[C@H](C)C/C=C/C(C)=C/[C@@H](C)C(=O)[C@H](C)[C@H](O)[C@H](C)CC1=CC(=O)OC1)/C=C/[C@@H]1OC(=O)C=C[C@@H]1C. The number of allylic oxidation sites excluding steroid dienone is 7. The van der Waals surface area contributed by atoms with Crippen molar-refractivity contribution in [1.29, 1.82) is 0 Å². The van der Waals surface area contributed by atoms with E-state index in [4.69, 9.17) is 9.47 Å². The van der Waals surface area contributed by atoms with Gasteiger partial charge in [0.1, 0.15) is 18.5 Å². The predicted molar refractivity (Wildman–Crippen MR) is 155 cm³/mol. The Morgan fingerprint density at radius 1 is 1.13 bits per heavy atom. The Balaban J connectivity index is 1.88. The number of Topliss-reactive ketones (excluding diaryl/α,β-unsaturated/α-hetero) is 1. The molecule has 0 spiro atoms. The zero-order valence-corrected chi connectivity index (χ0v) is 24.6. The summed E-state index contributed by atoms with van der Waals surface area (Å²) < 4.78 is 10.3. The number of carbonyl (C=O) groups excluding carboxylic acids is 3. The molecule has 2 aliphatic rings. The molecule has 7 atom stereocenters. The minimum atomic E-state index is -0.792. The summed E-state index contributed by atoms with van der Waals surface area (Å²) in [6.07, 6.45) is 18.5. The Hall–Kier alpha value is -2.99. The van der Waals surface area contributed by atoms with Crippen molar-refractivity contribution in [2.75, 3.05) is 6.61 Å². The number of hydrogen-bond donors (Lipinski definition) is 1. The highest BCUT2D eigenvalue weighted by Gasteiger charge is 2.30. The summed E-state index contributed by atoms with van der Waals surface area (Å²) in [4.78, 5) is 35.8. The fraction of sp³-hybridized carbons (Fsp3) is 0.545. The minimum Gasteiger partial charge on any atom is -0.458 e. The van der Waals surface area contributed by atoms with E-state index in [9.17, 15) is 19.5 Å². The molecule has 0 aromatic rings. The van der Waals surface area contributed by atoms with Crippen LogP contribution in [-0.4, -0.2) is 41.6 Å². The zero-order chi connectivity index (χ0) is 29.1. The average molecular weight is 539 g/mol. The van der Waals surface area contributed by atoms with Crippen molar-refractivity contribution < 1.29 is 29.0 Å². The summed E-state index contributed by atoms with van der Waals surface area (Å²) in [5.74, 6) is -1.14. The van der Waals surface area contributed by atoms with Crippen molar-refractivity contribution >= 4 is 17.7 Å². The average Bonchev–Trinajstić information content (AvgIpc) is 3.30. The summed E-state index contributed by atoms with van der Waals surface area (Å²) in [6, 6.07) is 0. The molecular formula is C33H46O6. The van der Waals surface area contributed by atoms with Gasteiger partial charge in [-0.2, -0.15) is 0 Å². The molecule has 39 heavy (non-hydrogen) atoms. The molecular weight excluding hydrogens is 492 g/mol. The molecule has 0 aromatic carbocycles. The lowest BCUT2D eigenvalue weighted by atomic mass is 9.83. The maximum atomic E-state index is 13.0. The lowest BCUT2D eigenvalue weighted by Crippen LogP contribution is -2.34. The largest absolute Gasteiger partial charge is 0.458 e. The van der Waals surface area contributed by atoms with Gasteiger partial charge < -0.3 is 14.6 Å². The van der Waals surface area contributed by atoms with Crippen molar-refractivity contribution in [2.45, 2.75) is 79.9 Å². The fourth-order valence-corrected chi connectivity index (χ4v) is 4.92. The highest BCUT2D eigenvalue weighted by molar-refractivity contribution is 5.86. The number of aliphatic hydroxyl groups is 1. The lowest BCUT2D eigenvalue weighted by Gasteiger charge is -2.25. The van der Waals surface area contributed by atoms with Crippen molar-refractivity contribution in [3.05, 3.63) is 71.4 Å². The topological polar surface area (TPSA) is 89.9 Å². The molecule has 214 valence electrons. The molecule has 0 bridgehead atoms. The first-order chi connectivity index (χ1) is 18.4. The van der Waals surface area contributed by atoms with E-state index >= 15 is 0 Å². The number of aliphatic hydroxyl groups excluding tert-OH is 1. The molecule has 2 heterocycles. The van der Waals surface area contributed by atoms with Crippen LogP contribution in [0.5, 0.6) is 0 Å². The molecule has 2 rings (SSSR count). The molecule has 0 aromatic heterocycles. The maximum Gasteiger partial charge on any atom is 0.331 e. The smallest absolute Gasteiger partial charge is 0.331 e. The van der Waals surface area contributed by atoms with Crippen LogP contribution in [-0.2, 0) is 23.9 Å². The Bertz CT molecular complexity index is 1060. The second kappa shape index (κ2) is 15.6. The first kappa shape index (κ1) is 32.2. The molecule has 0 fully saturated rings. The second-order valence-electron chi connectivity index (χ2n) is 11.2. The summed E-state index contributed by atoms with van der Waals surface area (Å²) in [5, 5.41) is 10.8. The van der Waals surface area contributed by atoms with Crippen LogP contribution in [0, 0.1) is 29.6 Å². The van der Waals surface area contributed by atoms with Gasteiger partial charge in [-0.05, 0) is 49.7 Å². The molecule has 6 heteroatoms. The van der Waals surface area contributed by atoms with E-state index in [0.717, 1.165) is 24.0 Å². The Kier molecular flexibility index (Phi) is 12.9. The molecule has 6 nitrogen and oxygen atoms in total. The number of carbonyl (C=O) groups is 3. The predicted octanol–water partition coefficient (Wildman–Crippen LogP) is 6.24. The van der Waals surface area contributed by atoms with Gasteiger partial charge in [-0.3, -0.25) is 4.79 Å². The second-order valence-corrected chi connectivity index (χ2v) is 11.2. The lowest BCUT2D eigenvalue weighted by molar-refractivity contribution is -0.143. The molecule has 2 aliphatic heterocycles. The van der Waals surface area contributed by atoms with E-state index in [1.54, 1.807) is 6.92 Å². The minimum absolute atomic E-state index is 0.000964. The van der Waals surface area contributed by atoms with Crippen LogP contribution in [0.2, 0.25) is 0 Å². The summed E-state index contributed by atoms with van der Waals surface area (Å²) >= 11 is 0. The number of ketones is 1. The Labute approximate surface area is 234 Å². The van der Waals surface area contributed by atoms with Crippen LogP contribution in [0.1, 0.15) is 67.7 Å². The number of ether oxygens (including phenoxy) is 2. The van der Waals surface area contributed by atoms with Crippen LogP contribution in [0.4, 0.5) is 0 Å². The van der Waals surface area contributed by atoms with E-state index < -0.39 is 12.0 Å². The summed E-state index contributed by atoms with van der Waals surface area (Å²) in [6.45, 7) is 14.1. The third-order valence-electron chi connectivity index (χ3n) is 7.41. The quantitative estimate of drug-likeness (QED) is 0.208. The van der Waals surface area contributed by atoms with Gasteiger partial charge in [-0.15, -0.1) is 0 Å². The molecule has 0 radical (unpaired) electrons. The van der Waals surface area contributed by atoms with E-state index in [1.165, 1.54) is 17.7 Å². The van der Waals surface area contributed by atoms with E-state index in [2.05, 4.69) is 32.1 Å². The maximum absolute atomic E-state index is 13.0. The highest BCUT2D eigenvalue weighted by Crippen LogP contribution is 2.25. The first-order valence-corrected chi connectivity index (χ1v) is 14.1. The van der Waals surface area contributed by atoms with Gasteiger partial charge in [0.05, 0.1) is 6.10 Å². The Morgan fingerprint density at radius 2 is 1.85 bits per heavy atom. The van der Waals surface area contributed by atoms with Crippen LogP contribution in [0.15, 0.2) is 71.4 Å². The van der Waals surface area contributed by atoms with Gasteiger partial charge >= 0.3 is 11.9 Å².